The fourth-order valence-electron chi connectivity index (χ4n) is 1.59. The average Bonchev–Trinajstić information content (AvgIpc) is 2.14. The molecule has 1 aromatic carbocycles. The molecule has 0 bridgehead atoms. The Morgan fingerprint density at radius 1 is 1.12 bits per heavy atom. The van der Waals surface area contributed by atoms with Crippen LogP contribution in [0.2, 0.25) is 0 Å². The summed E-state index contributed by atoms with van der Waals surface area (Å²) >= 11 is 0. The van der Waals surface area contributed by atoms with Crippen LogP contribution in [0, 0.1) is 0 Å². The molecule has 0 atom stereocenters. The molecule has 0 heterocycles. The summed E-state index contributed by atoms with van der Waals surface area (Å²) in [4.78, 5) is 0. The monoisotopic (exact) mass is 228 g/mol. The maximum Gasteiger partial charge on any atom is 0.416 e. The average molecular weight is 228 g/mol. The van der Waals surface area contributed by atoms with Gasteiger partial charge in [0, 0.05) is 0 Å². The Hall–Kier alpha value is -1.25. The van der Waals surface area contributed by atoms with E-state index >= 15 is 0 Å². The van der Waals surface area contributed by atoms with E-state index in [1.54, 1.807) is 0 Å². The van der Waals surface area contributed by atoms with Gasteiger partial charge in [0.2, 0.25) is 0 Å². The number of rotatable bonds is 1. The minimum absolute atomic E-state index is 0.187. The smallest absolute Gasteiger partial charge is 0.166 e. The van der Waals surface area contributed by atoms with Crippen LogP contribution in [0.5, 0.6) is 0 Å². The summed E-state index contributed by atoms with van der Waals surface area (Å²) in [5, 5.41) is 0. The Bertz CT molecular complexity index is 395. The molecule has 0 aromatic heterocycles. The fourth-order valence-corrected chi connectivity index (χ4v) is 1.59. The van der Waals surface area contributed by atoms with Crippen molar-refractivity contribution >= 4 is 6.08 Å². The van der Waals surface area contributed by atoms with E-state index in [0.29, 0.717) is 5.56 Å². The highest BCUT2D eigenvalue weighted by Gasteiger charge is 2.31. The fraction of sp³-hybridized carbons (Fsp3) is 0.385. The van der Waals surface area contributed by atoms with Crippen molar-refractivity contribution in [3.63, 3.8) is 0 Å². The van der Waals surface area contributed by atoms with Crippen molar-refractivity contribution in [2.45, 2.75) is 32.4 Å². The Balaban J connectivity index is 3.34. The summed E-state index contributed by atoms with van der Waals surface area (Å²) in [7, 11) is 0. The van der Waals surface area contributed by atoms with Gasteiger partial charge in [0.1, 0.15) is 0 Å². The van der Waals surface area contributed by atoms with Crippen molar-refractivity contribution in [3.05, 3.63) is 41.5 Å². The zero-order valence-corrected chi connectivity index (χ0v) is 9.65. The summed E-state index contributed by atoms with van der Waals surface area (Å²) in [5.74, 6) is 0. The molecule has 0 aliphatic rings. The maximum atomic E-state index is 12.5. The normalized spacial score (nSPS) is 12.6. The van der Waals surface area contributed by atoms with Gasteiger partial charge in [0.15, 0.2) is 0 Å². The molecule has 1 rings (SSSR count). The van der Waals surface area contributed by atoms with Crippen molar-refractivity contribution in [2.24, 2.45) is 0 Å². The Labute approximate surface area is 93.8 Å². The second kappa shape index (κ2) is 3.96. The van der Waals surface area contributed by atoms with E-state index in [1.807, 2.05) is 20.8 Å². The zero-order valence-electron chi connectivity index (χ0n) is 9.65. The lowest BCUT2D eigenvalue weighted by Gasteiger charge is -2.22. The molecule has 0 unspecified atom stereocenters. The lowest BCUT2D eigenvalue weighted by atomic mass is 9.83. The van der Waals surface area contributed by atoms with Crippen LogP contribution in [0.3, 0.4) is 0 Å². The molecule has 88 valence electrons. The van der Waals surface area contributed by atoms with Gasteiger partial charge in [-0.3, -0.25) is 0 Å². The van der Waals surface area contributed by atoms with Gasteiger partial charge in [-0.15, -0.1) is 0 Å². The second-order valence-electron chi connectivity index (χ2n) is 4.75. The first-order chi connectivity index (χ1) is 7.16. The molecule has 1 aromatic rings. The second-order valence-corrected chi connectivity index (χ2v) is 4.75. The van der Waals surface area contributed by atoms with Crippen LogP contribution >= 0.6 is 0 Å². The predicted octanol–water partition coefficient (Wildman–Crippen LogP) is 4.65. The molecule has 0 aliphatic carbocycles. The SMILES string of the molecule is C=Cc1cc(C(F)(F)F)ccc1C(C)(C)C. The van der Waals surface area contributed by atoms with Crippen LogP contribution in [0.1, 0.15) is 37.5 Å². The molecule has 0 saturated heterocycles. The van der Waals surface area contributed by atoms with Gasteiger partial charge in [-0.1, -0.05) is 39.5 Å². The van der Waals surface area contributed by atoms with E-state index < -0.39 is 11.7 Å². The van der Waals surface area contributed by atoms with Crippen LogP contribution in [-0.2, 0) is 11.6 Å². The molecule has 0 amide bonds. The number of hydrogen-bond acceptors (Lipinski definition) is 0. The van der Waals surface area contributed by atoms with Gasteiger partial charge in [-0.25, -0.2) is 0 Å². The van der Waals surface area contributed by atoms with Gasteiger partial charge in [-0.2, -0.15) is 13.2 Å². The highest BCUT2D eigenvalue weighted by molar-refractivity contribution is 5.55. The molecule has 0 fully saturated rings. The Morgan fingerprint density at radius 2 is 1.69 bits per heavy atom. The molecule has 0 aliphatic heterocycles. The first-order valence-corrected chi connectivity index (χ1v) is 5.00. The first-order valence-electron chi connectivity index (χ1n) is 5.00. The molecular formula is C13H15F3. The van der Waals surface area contributed by atoms with E-state index in [9.17, 15) is 13.2 Å². The minimum atomic E-state index is -4.30. The van der Waals surface area contributed by atoms with Crippen LogP contribution in [0.25, 0.3) is 6.08 Å². The molecule has 0 nitrogen and oxygen atoms in total. The quantitative estimate of drug-likeness (QED) is 0.656. The summed E-state index contributed by atoms with van der Waals surface area (Å²) < 4.78 is 37.5. The number of halogens is 3. The Morgan fingerprint density at radius 3 is 2.06 bits per heavy atom. The molecule has 3 heteroatoms. The molecule has 0 saturated carbocycles. The van der Waals surface area contributed by atoms with Gasteiger partial charge in [0.25, 0.3) is 0 Å². The van der Waals surface area contributed by atoms with Crippen LogP contribution in [-0.4, -0.2) is 0 Å². The third kappa shape index (κ3) is 2.65. The van der Waals surface area contributed by atoms with E-state index in [1.165, 1.54) is 12.1 Å². The largest absolute Gasteiger partial charge is 0.416 e. The molecular weight excluding hydrogens is 213 g/mol. The Kier molecular flexibility index (Phi) is 3.17. The summed E-state index contributed by atoms with van der Waals surface area (Å²) in [6, 6.07) is 3.79. The predicted molar refractivity (Wildman–Crippen MR) is 60.2 cm³/mol. The van der Waals surface area contributed by atoms with Crippen LogP contribution in [0.4, 0.5) is 13.2 Å². The highest BCUT2D eigenvalue weighted by atomic mass is 19.4. The van der Waals surface area contributed by atoms with Crippen molar-refractivity contribution < 1.29 is 13.2 Å². The molecule has 0 radical (unpaired) electrons. The van der Waals surface area contributed by atoms with Crippen molar-refractivity contribution in [2.75, 3.05) is 0 Å². The summed E-state index contributed by atoms with van der Waals surface area (Å²) in [5.41, 5.74) is 0.599. The van der Waals surface area contributed by atoms with Crippen LogP contribution in [0.15, 0.2) is 24.8 Å². The van der Waals surface area contributed by atoms with Crippen LogP contribution < -0.4 is 0 Å². The van der Waals surface area contributed by atoms with Crippen molar-refractivity contribution in [1.29, 1.82) is 0 Å². The maximum absolute atomic E-state index is 12.5. The summed E-state index contributed by atoms with van der Waals surface area (Å²) in [6.07, 6.45) is -2.83. The molecule has 0 spiro atoms. The topological polar surface area (TPSA) is 0 Å². The van der Waals surface area contributed by atoms with Gasteiger partial charge < -0.3 is 0 Å². The number of hydrogen-bond donors (Lipinski definition) is 0. The van der Waals surface area contributed by atoms with Crippen molar-refractivity contribution in [3.8, 4) is 0 Å². The summed E-state index contributed by atoms with van der Waals surface area (Å²) in [6.45, 7) is 9.44. The third-order valence-corrected chi connectivity index (χ3v) is 2.41. The third-order valence-electron chi connectivity index (χ3n) is 2.41. The van der Waals surface area contributed by atoms with Crippen molar-refractivity contribution in [1.82, 2.24) is 0 Å². The number of benzene rings is 1. The van der Waals surface area contributed by atoms with Gasteiger partial charge in [-0.05, 0) is 28.7 Å². The first kappa shape index (κ1) is 12.8. The van der Waals surface area contributed by atoms with Gasteiger partial charge >= 0.3 is 6.18 Å². The highest BCUT2D eigenvalue weighted by Crippen LogP contribution is 2.34. The van der Waals surface area contributed by atoms with Gasteiger partial charge in [0.05, 0.1) is 5.56 Å². The lowest BCUT2D eigenvalue weighted by molar-refractivity contribution is -0.137. The van der Waals surface area contributed by atoms with E-state index in [-0.39, 0.29) is 5.41 Å². The van der Waals surface area contributed by atoms with E-state index in [0.717, 1.165) is 17.7 Å². The number of alkyl halides is 3. The standard InChI is InChI=1S/C13H15F3/c1-5-9-8-10(13(14,15)16)6-7-11(9)12(2,3)4/h5-8H,1H2,2-4H3. The van der Waals surface area contributed by atoms with E-state index in [2.05, 4.69) is 6.58 Å². The molecule has 16 heavy (non-hydrogen) atoms. The minimum Gasteiger partial charge on any atom is -0.166 e. The lowest BCUT2D eigenvalue weighted by Crippen LogP contribution is -2.14. The molecule has 0 N–H and O–H groups in total. The zero-order chi connectivity index (χ0) is 12.6. The van der Waals surface area contributed by atoms with E-state index in [4.69, 9.17) is 0 Å².